The Labute approximate surface area is 83.6 Å². The first-order chi connectivity index (χ1) is 6.84. The Bertz CT molecular complexity index is 295. The summed E-state index contributed by atoms with van der Waals surface area (Å²) < 4.78 is 12.9. The molecule has 0 radical (unpaired) electrons. The number of nitrogens with one attached hydrogen (secondary N) is 1. The van der Waals surface area contributed by atoms with Gasteiger partial charge in [-0.3, -0.25) is 4.98 Å². The van der Waals surface area contributed by atoms with E-state index in [2.05, 4.69) is 10.3 Å². The highest BCUT2D eigenvalue weighted by Gasteiger charge is 2.13. The van der Waals surface area contributed by atoms with Crippen molar-refractivity contribution in [3.8, 4) is 0 Å². The summed E-state index contributed by atoms with van der Waals surface area (Å²) in [5.41, 5.74) is 0.874. The molecule has 14 heavy (non-hydrogen) atoms. The number of piperidine rings is 1. The monoisotopic (exact) mass is 194 g/mol. The van der Waals surface area contributed by atoms with Crippen molar-refractivity contribution in [2.24, 2.45) is 5.92 Å². The van der Waals surface area contributed by atoms with Gasteiger partial charge in [0.15, 0.2) is 0 Å². The van der Waals surface area contributed by atoms with E-state index in [0.717, 1.165) is 25.2 Å². The lowest BCUT2D eigenvalue weighted by molar-refractivity contribution is 0.373. The molecular formula is C11H15FN2. The lowest BCUT2D eigenvalue weighted by Crippen LogP contribution is -2.31. The summed E-state index contributed by atoms with van der Waals surface area (Å²) in [7, 11) is 0. The summed E-state index contributed by atoms with van der Waals surface area (Å²) in [5, 5.41) is 3.35. The van der Waals surface area contributed by atoms with Gasteiger partial charge >= 0.3 is 0 Å². The maximum Gasteiger partial charge on any atom is 0.126 e. The van der Waals surface area contributed by atoms with Crippen LogP contribution in [0.15, 0.2) is 18.3 Å². The van der Waals surface area contributed by atoms with Crippen LogP contribution in [0.3, 0.4) is 0 Å². The summed E-state index contributed by atoms with van der Waals surface area (Å²) in [6.07, 6.45) is 4.89. The first-order valence-corrected chi connectivity index (χ1v) is 5.16. The average Bonchev–Trinajstić information content (AvgIpc) is 2.19. The molecule has 1 atom stereocenters. The van der Waals surface area contributed by atoms with Crippen molar-refractivity contribution in [3.63, 3.8) is 0 Å². The first kappa shape index (κ1) is 9.59. The standard InChI is InChI=1S/C11H15FN2/c12-10-3-5-14-11(7-10)6-9-2-1-4-13-8-9/h3,5,7,9,13H,1-2,4,6,8H2. The van der Waals surface area contributed by atoms with Gasteiger partial charge in [-0.1, -0.05) is 0 Å². The van der Waals surface area contributed by atoms with E-state index in [1.165, 1.54) is 25.0 Å². The zero-order valence-corrected chi connectivity index (χ0v) is 8.17. The van der Waals surface area contributed by atoms with Gasteiger partial charge in [0.25, 0.3) is 0 Å². The number of hydrogen-bond acceptors (Lipinski definition) is 2. The molecule has 1 aliphatic heterocycles. The van der Waals surface area contributed by atoms with Gasteiger partial charge in [-0.05, 0) is 50.4 Å². The highest BCUT2D eigenvalue weighted by atomic mass is 19.1. The molecule has 2 rings (SSSR count). The summed E-state index contributed by atoms with van der Waals surface area (Å²) >= 11 is 0. The van der Waals surface area contributed by atoms with Crippen molar-refractivity contribution in [3.05, 3.63) is 29.8 Å². The largest absolute Gasteiger partial charge is 0.316 e. The number of aromatic nitrogens is 1. The van der Waals surface area contributed by atoms with Gasteiger partial charge in [-0.15, -0.1) is 0 Å². The van der Waals surface area contributed by atoms with Crippen LogP contribution < -0.4 is 5.32 Å². The highest BCUT2D eigenvalue weighted by Crippen LogP contribution is 2.15. The number of hydrogen-bond donors (Lipinski definition) is 1. The van der Waals surface area contributed by atoms with Gasteiger partial charge in [0.1, 0.15) is 5.82 Å². The Morgan fingerprint density at radius 1 is 1.57 bits per heavy atom. The number of nitrogens with zero attached hydrogens (tertiary/aromatic N) is 1. The second kappa shape index (κ2) is 4.51. The summed E-state index contributed by atoms with van der Waals surface area (Å²) in [4.78, 5) is 4.17. The minimum atomic E-state index is -0.182. The molecule has 2 nitrogen and oxygen atoms in total. The van der Waals surface area contributed by atoms with Crippen molar-refractivity contribution in [2.75, 3.05) is 13.1 Å². The average molecular weight is 194 g/mol. The molecule has 1 aromatic rings. The normalized spacial score (nSPS) is 22.2. The van der Waals surface area contributed by atoms with Crippen molar-refractivity contribution < 1.29 is 4.39 Å². The van der Waals surface area contributed by atoms with E-state index in [0.29, 0.717) is 5.92 Å². The molecule has 1 aromatic heterocycles. The molecule has 1 N–H and O–H groups in total. The van der Waals surface area contributed by atoms with Gasteiger partial charge in [0.05, 0.1) is 0 Å². The summed E-state index contributed by atoms with van der Waals surface area (Å²) in [6, 6.07) is 2.93. The molecule has 0 saturated carbocycles. The second-order valence-corrected chi connectivity index (χ2v) is 3.88. The molecule has 0 aliphatic carbocycles. The zero-order chi connectivity index (χ0) is 9.80. The van der Waals surface area contributed by atoms with Gasteiger partial charge in [0, 0.05) is 11.9 Å². The number of pyridine rings is 1. The lowest BCUT2D eigenvalue weighted by Gasteiger charge is -2.22. The van der Waals surface area contributed by atoms with Crippen molar-refractivity contribution in [2.45, 2.75) is 19.3 Å². The summed E-state index contributed by atoms with van der Waals surface area (Å²) in [5.74, 6) is 0.441. The fourth-order valence-corrected chi connectivity index (χ4v) is 1.95. The third-order valence-corrected chi connectivity index (χ3v) is 2.68. The van der Waals surface area contributed by atoms with Crippen LogP contribution in [0.2, 0.25) is 0 Å². The van der Waals surface area contributed by atoms with E-state index in [1.807, 2.05) is 0 Å². The van der Waals surface area contributed by atoms with Gasteiger partial charge < -0.3 is 5.32 Å². The van der Waals surface area contributed by atoms with Crippen LogP contribution in [-0.2, 0) is 6.42 Å². The molecule has 0 aromatic carbocycles. The third-order valence-electron chi connectivity index (χ3n) is 2.68. The fourth-order valence-electron chi connectivity index (χ4n) is 1.95. The fraction of sp³-hybridized carbons (Fsp3) is 0.545. The maximum absolute atomic E-state index is 12.9. The lowest BCUT2D eigenvalue weighted by atomic mass is 9.94. The Kier molecular flexibility index (Phi) is 3.09. The second-order valence-electron chi connectivity index (χ2n) is 3.88. The molecule has 0 bridgehead atoms. The SMILES string of the molecule is Fc1ccnc(CC2CCCNC2)c1. The summed E-state index contributed by atoms with van der Waals surface area (Å²) in [6.45, 7) is 2.16. The Hall–Kier alpha value is -0.960. The molecule has 1 fully saturated rings. The van der Waals surface area contributed by atoms with Gasteiger partial charge in [-0.2, -0.15) is 0 Å². The van der Waals surface area contributed by atoms with Crippen molar-refractivity contribution in [1.29, 1.82) is 0 Å². The zero-order valence-electron chi connectivity index (χ0n) is 8.17. The Balaban J connectivity index is 1.95. The molecule has 0 spiro atoms. The highest BCUT2D eigenvalue weighted by molar-refractivity contribution is 5.06. The minimum absolute atomic E-state index is 0.182. The van der Waals surface area contributed by atoms with Crippen LogP contribution in [-0.4, -0.2) is 18.1 Å². The smallest absolute Gasteiger partial charge is 0.126 e. The van der Waals surface area contributed by atoms with Gasteiger partial charge in [0.2, 0.25) is 0 Å². The molecule has 2 heterocycles. The maximum atomic E-state index is 12.9. The van der Waals surface area contributed by atoms with Crippen LogP contribution in [0.5, 0.6) is 0 Å². The minimum Gasteiger partial charge on any atom is -0.316 e. The van der Waals surface area contributed by atoms with Crippen LogP contribution in [0.4, 0.5) is 4.39 Å². The molecule has 1 unspecified atom stereocenters. The van der Waals surface area contributed by atoms with Gasteiger partial charge in [-0.25, -0.2) is 4.39 Å². The van der Waals surface area contributed by atoms with E-state index in [4.69, 9.17) is 0 Å². The predicted molar refractivity (Wildman–Crippen MR) is 53.5 cm³/mol. The van der Waals surface area contributed by atoms with Crippen LogP contribution in [0, 0.1) is 11.7 Å². The van der Waals surface area contributed by atoms with E-state index >= 15 is 0 Å². The van der Waals surface area contributed by atoms with Crippen LogP contribution in [0.25, 0.3) is 0 Å². The Morgan fingerprint density at radius 2 is 2.50 bits per heavy atom. The molecule has 1 aliphatic rings. The van der Waals surface area contributed by atoms with Crippen LogP contribution in [0.1, 0.15) is 18.5 Å². The molecule has 0 amide bonds. The quantitative estimate of drug-likeness (QED) is 0.776. The molecular weight excluding hydrogens is 179 g/mol. The van der Waals surface area contributed by atoms with E-state index < -0.39 is 0 Å². The van der Waals surface area contributed by atoms with E-state index in [1.54, 1.807) is 6.20 Å². The van der Waals surface area contributed by atoms with E-state index in [-0.39, 0.29) is 5.82 Å². The molecule has 76 valence electrons. The topological polar surface area (TPSA) is 24.9 Å². The first-order valence-electron chi connectivity index (χ1n) is 5.16. The Morgan fingerprint density at radius 3 is 3.21 bits per heavy atom. The molecule has 3 heteroatoms. The van der Waals surface area contributed by atoms with Crippen LogP contribution >= 0.6 is 0 Å². The number of rotatable bonds is 2. The van der Waals surface area contributed by atoms with Crippen molar-refractivity contribution in [1.82, 2.24) is 10.3 Å². The third kappa shape index (κ3) is 2.51. The molecule has 1 saturated heterocycles. The van der Waals surface area contributed by atoms with E-state index in [9.17, 15) is 4.39 Å². The predicted octanol–water partition coefficient (Wildman–Crippen LogP) is 1.76. The number of halogens is 1. The van der Waals surface area contributed by atoms with Crippen molar-refractivity contribution >= 4 is 0 Å².